The fraction of sp³-hybridized carbons (Fsp3) is 0.556. The smallest absolute Gasteiger partial charge is 0.253 e. The molecule has 23 heavy (non-hydrogen) atoms. The number of rotatable bonds is 5. The third kappa shape index (κ3) is 5.36. The third-order valence-electron chi connectivity index (χ3n) is 4.11. The summed E-state index contributed by atoms with van der Waals surface area (Å²) in [6.45, 7) is 3.02. The minimum Gasteiger partial charge on any atom is -0.351 e. The Morgan fingerprint density at radius 1 is 1.09 bits per heavy atom. The second-order valence-corrected chi connectivity index (χ2v) is 6.35. The first-order valence-electron chi connectivity index (χ1n) is 8.40. The van der Waals surface area contributed by atoms with Crippen molar-refractivity contribution in [3.05, 3.63) is 35.4 Å². The number of hydrogen-bond donors (Lipinski definition) is 1. The molecule has 0 spiro atoms. The Hall–Kier alpha value is -1.88. The monoisotopic (exact) mass is 317 g/mol. The first kappa shape index (κ1) is 17.5. The van der Waals surface area contributed by atoms with Crippen LogP contribution in [-0.4, -0.2) is 61.9 Å². The molecular weight excluding hydrogens is 290 g/mol. The number of nitrogens with zero attached hydrogens (tertiary/aromatic N) is 2. The van der Waals surface area contributed by atoms with Crippen LogP contribution < -0.4 is 5.32 Å². The van der Waals surface area contributed by atoms with Crippen LogP contribution >= 0.6 is 0 Å². The van der Waals surface area contributed by atoms with Crippen molar-refractivity contribution in [2.45, 2.75) is 25.7 Å². The van der Waals surface area contributed by atoms with Gasteiger partial charge in [-0.25, -0.2) is 0 Å². The molecule has 0 aliphatic carbocycles. The van der Waals surface area contributed by atoms with Crippen LogP contribution in [0.1, 0.15) is 46.4 Å². The summed E-state index contributed by atoms with van der Waals surface area (Å²) >= 11 is 0. The number of likely N-dealkylation sites (N-methyl/N-ethyl adjacent to an activating group) is 1. The van der Waals surface area contributed by atoms with Crippen molar-refractivity contribution < 1.29 is 9.59 Å². The van der Waals surface area contributed by atoms with Crippen LogP contribution in [0.4, 0.5) is 0 Å². The fourth-order valence-corrected chi connectivity index (χ4v) is 2.74. The molecule has 0 aromatic heterocycles. The van der Waals surface area contributed by atoms with E-state index in [1.165, 1.54) is 12.8 Å². The number of likely N-dealkylation sites (tertiary alicyclic amines) is 1. The summed E-state index contributed by atoms with van der Waals surface area (Å²) in [5.74, 6) is -0.0905. The van der Waals surface area contributed by atoms with Gasteiger partial charge in [-0.3, -0.25) is 9.59 Å². The first-order valence-corrected chi connectivity index (χ1v) is 8.40. The topological polar surface area (TPSA) is 52.7 Å². The summed E-state index contributed by atoms with van der Waals surface area (Å²) in [6, 6.07) is 7.04. The molecular formula is C18H27N3O2. The molecule has 1 N–H and O–H groups in total. The molecule has 1 fully saturated rings. The Morgan fingerprint density at radius 3 is 2.39 bits per heavy atom. The van der Waals surface area contributed by atoms with E-state index in [-0.39, 0.29) is 11.8 Å². The summed E-state index contributed by atoms with van der Waals surface area (Å²) in [6.07, 6.45) is 4.52. The molecule has 1 saturated heterocycles. The second kappa shape index (κ2) is 8.67. The van der Waals surface area contributed by atoms with Gasteiger partial charge in [0.2, 0.25) is 0 Å². The van der Waals surface area contributed by atoms with Gasteiger partial charge in [0.25, 0.3) is 11.8 Å². The van der Waals surface area contributed by atoms with E-state index in [9.17, 15) is 9.59 Å². The number of benzene rings is 1. The van der Waals surface area contributed by atoms with Crippen LogP contribution in [0.5, 0.6) is 0 Å². The maximum Gasteiger partial charge on any atom is 0.253 e. The van der Waals surface area contributed by atoms with E-state index >= 15 is 0 Å². The van der Waals surface area contributed by atoms with E-state index in [1.54, 1.807) is 24.3 Å². The van der Waals surface area contributed by atoms with Crippen LogP contribution in [0.3, 0.4) is 0 Å². The van der Waals surface area contributed by atoms with Crippen molar-refractivity contribution in [3.8, 4) is 0 Å². The van der Waals surface area contributed by atoms with E-state index in [1.807, 2.05) is 23.9 Å². The average molecular weight is 317 g/mol. The molecule has 0 saturated carbocycles. The van der Waals surface area contributed by atoms with E-state index in [4.69, 9.17) is 0 Å². The van der Waals surface area contributed by atoms with Gasteiger partial charge in [0.1, 0.15) is 0 Å². The maximum absolute atomic E-state index is 12.6. The van der Waals surface area contributed by atoms with Gasteiger partial charge >= 0.3 is 0 Å². The number of carbonyl (C=O) groups is 2. The van der Waals surface area contributed by atoms with Crippen LogP contribution in [0, 0.1) is 0 Å². The highest BCUT2D eigenvalue weighted by molar-refractivity contribution is 5.99. The van der Waals surface area contributed by atoms with Gasteiger partial charge in [-0.2, -0.15) is 0 Å². The van der Waals surface area contributed by atoms with Crippen molar-refractivity contribution in [1.82, 2.24) is 15.1 Å². The molecule has 0 bridgehead atoms. The molecule has 2 rings (SSSR count). The molecule has 5 heteroatoms. The van der Waals surface area contributed by atoms with Crippen molar-refractivity contribution in [3.63, 3.8) is 0 Å². The van der Waals surface area contributed by atoms with Crippen LogP contribution in [-0.2, 0) is 0 Å². The van der Waals surface area contributed by atoms with Gasteiger partial charge in [-0.1, -0.05) is 18.9 Å². The van der Waals surface area contributed by atoms with Gasteiger partial charge in [0.15, 0.2) is 0 Å². The zero-order chi connectivity index (χ0) is 16.7. The lowest BCUT2D eigenvalue weighted by Crippen LogP contribution is -2.33. The zero-order valence-corrected chi connectivity index (χ0v) is 14.2. The van der Waals surface area contributed by atoms with Crippen LogP contribution in [0.25, 0.3) is 0 Å². The summed E-state index contributed by atoms with van der Waals surface area (Å²) in [7, 11) is 3.93. The summed E-state index contributed by atoms with van der Waals surface area (Å²) < 4.78 is 0. The molecule has 1 aromatic rings. The van der Waals surface area contributed by atoms with E-state index in [2.05, 4.69) is 5.32 Å². The van der Waals surface area contributed by atoms with Crippen molar-refractivity contribution in [1.29, 1.82) is 0 Å². The van der Waals surface area contributed by atoms with Crippen LogP contribution in [0.15, 0.2) is 24.3 Å². The van der Waals surface area contributed by atoms with Gasteiger partial charge in [0.05, 0.1) is 0 Å². The number of nitrogens with one attached hydrogen (secondary N) is 1. The van der Waals surface area contributed by atoms with Gasteiger partial charge < -0.3 is 15.1 Å². The van der Waals surface area contributed by atoms with Crippen molar-refractivity contribution in [2.75, 3.05) is 40.3 Å². The average Bonchev–Trinajstić information content (AvgIpc) is 2.83. The molecule has 1 aromatic carbocycles. The molecule has 2 amide bonds. The lowest BCUT2D eigenvalue weighted by molar-refractivity contribution is 0.0761. The minimum atomic E-state index is -0.127. The van der Waals surface area contributed by atoms with Gasteiger partial charge in [0, 0.05) is 37.3 Å². The summed E-state index contributed by atoms with van der Waals surface area (Å²) in [5.41, 5.74) is 1.15. The number of amides is 2. The van der Waals surface area contributed by atoms with Crippen molar-refractivity contribution >= 4 is 11.8 Å². The van der Waals surface area contributed by atoms with E-state index in [0.29, 0.717) is 17.7 Å². The van der Waals surface area contributed by atoms with Gasteiger partial charge in [-0.15, -0.1) is 0 Å². The Bertz CT molecular complexity index is 535. The molecule has 5 nitrogen and oxygen atoms in total. The largest absolute Gasteiger partial charge is 0.351 e. The zero-order valence-electron chi connectivity index (χ0n) is 14.2. The third-order valence-corrected chi connectivity index (χ3v) is 4.11. The quantitative estimate of drug-likeness (QED) is 0.903. The summed E-state index contributed by atoms with van der Waals surface area (Å²) in [5, 5.41) is 2.88. The lowest BCUT2D eigenvalue weighted by atomic mass is 10.1. The highest BCUT2D eigenvalue weighted by Crippen LogP contribution is 2.14. The van der Waals surface area contributed by atoms with E-state index < -0.39 is 0 Å². The normalized spacial score (nSPS) is 15.3. The first-order chi connectivity index (χ1) is 11.1. The number of hydrogen-bond acceptors (Lipinski definition) is 3. The predicted octanol–water partition coefficient (Wildman–Crippen LogP) is 1.99. The Labute approximate surface area is 138 Å². The molecule has 1 heterocycles. The highest BCUT2D eigenvalue weighted by Gasteiger charge is 2.18. The van der Waals surface area contributed by atoms with Crippen molar-refractivity contribution in [2.24, 2.45) is 0 Å². The predicted molar refractivity (Wildman–Crippen MR) is 91.7 cm³/mol. The Balaban J connectivity index is 2.00. The van der Waals surface area contributed by atoms with Gasteiger partial charge in [-0.05, 0) is 45.1 Å². The summed E-state index contributed by atoms with van der Waals surface area (Å²) in [4.78, 5) is 28.7. The highest BCUT2D eigenvalue weighted by atomic mass is 16.2. The molecule has 1 aliphatic rings. The molecule has 1 aliphatic heterocycles. The Kier molecular flexibility index (Phi) is 6.59. The lowest BCUT2D eigenvalue weighted by Gasteiger charge is -2.20. The minimum absolute atomic E-state index is 0.0369. The standard InChI is InChI=1S/C18H27N3O2/c1-20(2)13-10-19-17(22)15-8-7-9-16(14-15)18(23)21-11-5-3-4-6-12-21/h7-9,14H,3-6,10-13H2,1-2H3,(H,19,22). The number of carbonyl (C=O) groups excluding carboxylic acids is 2. The molecule has 0 unspecified atom stereocenters. The molecule has 126 valence electrons. The SMILES string of the molecule is CN(C)CCNC(=O)c1cccc(C(=O)N2CCCCCC2)c1. The van der Waals surface area contributed by atoms with Crippen LogP contribution in [0.2, 0.25) is 0 Å². The molecule has 0 radical (unpaired) electrons. The maximum atomic E-state index is 12.6. The fourth-order valence-electron chi connectivity index (χ4n) is 2.74. The van der Waals surface area contributed by atoms with E-state index in [0.717, 1.165) is 32.5 Å². The molecule has 0 atom stereocenters. The Morgan fingerprint density at radius 2 is 1.74 bits per heavy atom. The second-order valence-electron chi connectivity index (χ2n) is 6.35.